The Bertz CT molecular complexity index is 792. The Labute approximate surface area is 171 Å². The first kappa shape index (κ1) is 21.1. The molecule has 1 heterocycles. The molecule has 0 aliphatic carbocycles. The average Bonchev–Trinajstić information content (AvgIpc) is 2.77. The fourth-order valence-corrected chi connectivity index (χ4v) is 3.40. The minimum absolute atomic E-state index is 0.0362. The Morgan fingerprint density at radius 3 is 2.59 bits per heavy atom. The van der Waals surface area contributed by atoms with Crippen molar-refractivity contribution in [3.8, 4) is 5.75 Å². The van der Waals surface area contributed by atoms with Crippen LogP contribution in [-0.2, 0) is 11.3 Å². The lowest BCUT2D eigenvalue weighted by molar-refractivity contribution is 0.0169. The number of nitrogens with zero attached hydrogens (tertiary/aromatic N) is 2. The van der Waals surface area contributed by atoms with Crippen LogP contribution in [0.25, 0.3) is 0 Å². The number of methoxy groups -OCH3 is 1. The normalized spacial score (nSPS) is 16.3. The highest BCUT2D eigenvalue weighted by Crippen LogP contribution is 2.22. The van der Waals surface area contributed by atoms with E-state index in [1.54, 1.807) is 26.3 Å². The Morgan fingerprint density at radius 2 is 1.93 bits per heavy atom. The number of guanidine groups is 1. The van der Waals surface area contributed by atoms with Crippen LogP contribution < -0.4 is 15.4 Å². The molecule has 1 unspecified atom stereocenters. The summed E-state index contributed by atoms with van der Waals surface area (Å²) in [7, 11) is 3.40. The van der Waals surface area contributed by atoms with E-state index in [1.807, 2.05) is 30.3 Å². The van der Waals surface area contributed by atoms with E-state index in [0.717, 1.165) is 30.0 Å². The van der Waals surface area contributed by atoms with E-state index in [9.17, 15) is 4.39 Å². The Morgan fingerprint density at radius 1 is 1.17 bits per heavy atom. The molecule has 0 bridgehead atoms. The summed E-state index contributed by atoms with van der Waals surface area (Å²) in [6.45, 7) is 4.28. The molecule has 1 aliphatic rings. The van der Waals surface area contributed by atoms with E-state index in [4.69, 9.17) is 9.47 Å². The van der Waals surface area contributed by atoms with Gasteiger partial charge in [-0.2, -0.15) is 0 Å². The zero-order chi connectivity index (χ0) is 20.5. The summed E-state index contributed by atoms with van der Waals surface area (Å²) in [6.07, 6.45) is 0. The van der Waals surface area contributed by atoms with Crippen LogP contribution in [0.5, 0.6) is 5.75 Å². The van der Waals surface area contributed by atoms with E-state index >= 15 is 0 Å². The van der Waals surface area contributed by atoms with E-state index in [0.29, 0.717) is 32.3 Å². The van der Waals surface area contributed by atoms with Gasteiger partial charge in [-0.1, -0.05) is 24.3 Å². The molecule has 0 amide bonds. The van der Waals surface area contributed by atoms with Crippen LogP contribution in [-0.4, -0.2) is 57.9 Å². The van der Waals surface area contributed by atoms with Crippen molar-refractivity contribution in [3.63, 3.8) is 0 Å². The van der Waals surface area contributed by atoms with Gasteiger partial charge in [0.2, 0.25) is 0 Å². The predicted octanol–water partition coefficient (Wildman–Crippen LogP) is 2.57. The predicted molar refractivity (Wildman–Crippen MR) is 113 cm³/mol. The van der Waals surface area contributed by atoms with Crippen LogP contribution >= 0.6 is 0 Å². The number of benzene rings is 2. The number of morpholine rings is 1. The molecule has 2 N–H and O–H groups in total. The first-order valence-electron chi connectivity index (χ1n) is 9.84. The maximum atomic E-state index is 13.8. The van der Waals surface area contributed by atoms with E-state index in [-0.39, 0.29) is 11.9 Å². The van der Waals surface area contributed by atoms with Gasteiger partial charge in [-0.3, -0.25) is 9.89 Å². The van der Waals surface area contributed by atoms with Crippen LogP contribution in [0.2, 0.25) is 0 Å². The van der Waals surface area contributed by atoms with Crippen molar-refractivity contribution < 1.29 is 13.9 Å². The molecule has 0 saturated carbocycles. The lowest BCUT2D eigenvalue weighted by atomic mass is 10.0. The number of hydrogen-bond acceptors (Lipinski definition) is 4. The molecule has 0 spiro atoms. The number of aliphatic imine (C=N–C) groups is 1. The molecule has 1 aliphatic heterocycles. The molecule has 1 atom stereocenters. The number of halogens is 1. The topological polar surface area (TPSA) is 58.1 Å². The van der Waals surface area contributed by atoms with E-state index in [2.05, 4.69) is 20.5 Å². The molecule has 3 rings (SSSR count). The lowest BCUT2D eigenvalue weighted by Gasteiger charge is -2.35. The molecule has 0 aromatic heterocycles. The second-order valence-corrected chi connectivity index (χ2v) is 6.87. The zero-order valence-electron chi connectivity index (χ0n) is 17.0. The van der Waals surface area contributed by atoms with Crippen molar-refractivity contribution in [3.05, 3.63) is 65.5 Å². The standard InChI is InChI=1S/C22H29FN4O2/c1-24-22(25-15-17-6-8-20(28-2)9-7-17)26-16-21(27-10-12-29-13-11-27)18-4-3-5-19(23)14-18/h3-9,14,21H,10-13,15-16H2,1-2H3,(H2,24,25,26). The maximum Gasteiger partial charge on any atom is 0.191 e. The van der Waals surface area contributed by atoms with Crippen molar-refractivity contribution in [1.82, 2.24) is 15.5 Å². The zero-order valence-corrected chi connectivity index (χ0v) is 17.0. The van der Waals surface area contributed by atoms with Crippen molar-refractivity contribution in [1.29, 1.82) is 0 Å². The molecule has 0 radical (unpaired) electrons. The summed E-state index contributed by atoms with van der Waals surface area (Å²) in [5.41, 5.74) is 2.08. The monoisotopic (exact) mass is 400 g/mol. The molecule has 6 nitrogen and oxygen atoms in total. The first-order chi connectivity index (χ1) is 14.2. The third kappa shape index (κ3) is 6.17. The third-order valence-electron chi connectivity index (χ3n) is 5.03. The molecule has 29 heavy (non-hydrogen) atoms. The van der Waals surface area contributed by atoms with Gasteiger partial charge >= 0.3 is 0 Å². The van der Waals surface area contributed by atoms with Crippen LogP contribution in [0.1, 0.15) is 17.2 Å². The van der Waals surface area contributed by atoms with Gasteiger partial charge in [-0.15, -0.1) is 0 Å². The van der Waals surface area contributed by atoms with E-state index < -0.39 is 0 Å². The summed E-state index contributed by atoms with van der Waals surface area (Å²) in [5.74, 6) is 1.32. The van der Waals surface area contributed by atoms with Crippen LogP contribution in [0, 0.1) is 5.82 Å². The highest BCUT2D eigenvalue weighted by atomic mass is 19.1. The Balaban J connectivity index is 1.61. The highest BCUT2D eigenvalue weighted by molar-refractivity contribution is 5.79. The van der Waals surface area contributed by atoms with Crippen LogP contribution in [0.4, 0.5) is 4.39 Å². The van der Waals surface area contributed by atoms with Crippen molar-refractivity contribution in [2.75, 3.05) is 47.0 Å². The Hall–Kier alpha value is -2.64. The third-order valence-corrected chi connectivity index (χ3v) is 5.03. The minimum atomic E-state index is -0.220. The number of nitrogens with one attached hydrogen (secondary N) is 2. The summed E-state index contributed by atoms with van der Waals surface area (Å²) in [4.78, 5) is 6.64. The van der Waals surface area contributed by atoms with Crippen molar-refractivity contribution in [2.24, 2.45) is 4.99 Å². The molecule has 2 aromatic rings. The molecule has 1 saturated heterocycles. The fourth-order valence-electron chi connectivity index (χ4n) is 3.40. The average molecular weight is 400 g/mol. The molecule has 2 aromatic carbocycles. The van der Waals surface area contributed by atoms with Crippen LogP contribution in [0.3, 0.4) is 0 Å². The Kier molecular flexibility index (Phi) is 7.84. The van der Waals surface area contributed by atoms with Gasteiger partial charge in [0.15, 0.2) is 5.96 Å². The van der Waals surface area contributed by atoms with Crippen molar-refractivity contribution >= 4 is 5.96 Å². The highest BCUT2D eigenvalue weighted by Gasteiger charge is 2.23. The maximum absolute atomic E-state index is 13.8. The molecular weight excluding hydrogens is 371 g/mol. The SMILES string of the molecule is CN=C(NCc1ccc(OC)cc1)NCC(c1cccc(F)c1)N1CCOCC1. The quantitative estimate of drug-likeness (QED) is 0.553. The fraction of sp³-hybridized carbons (Fsp3) is 0.409. The molecule has 1 fully saturated rings. The van der Waals surface area contributed by atoms with E-state index in [1.165, 1.54) is 6.07 Å². The number of hydrogen-bond donors (Lipinski definition) is 2. The molecule has 7 heteroatoms. The van der Waals surface area contributed by atoms with Crippen molar-refractivity contribution in [2.45, 2.75) is 12.6 Å². The van der Waals surface area contributed by atoms with Crippen LogP contribution in [0.15, 0.2) is 53.5 Å². The lowest BCUT2D eigenvalue weighted by Crippen LogP contribution is -2.46. The van der Waals surface area contributed by atoms with Gasteiger partial charge in [-0.25, -0.2) is 4.39 Å². The van der Waals surface area contributed by atoms with Gasteiger partial charge in [0.1, 0.15) is 11.6 Å². The molecule has 156 valence electrons. The summed E-state index contributed by atoms with van der Waals surface area (Å²) < 4.78 is 24.5. The summed E-state index contributed by atoms with van der Waals surface area (Å²) in [6, 6.07) is 14.8. The summed E-state index contributed by atoms with van der Waals surface area (Å²) in [5, 5.41) is 6.71. The summed E-state index contributed by atoms with van der Waals surface area (Å²) >= 11 is 0. The van der Waals surface area contributed by atoms with Gasteiger partial charge in [0, 0.05) is 33.2 Å². The smallest absolute Gasteiger partial charge is 0.191 e. The largest absolute Gasteiger partial charge is 0.497 e. The van der Waals surface area contributed by atoms with Gasteiger partial charge in [0.25, 0.3) is 0 Å². The first-order valence-corrected chi connectivity index (χ1v) is 9.84. The second-order valence-electron chi connectivity index (χ2n) is 6.87. The number of ether oxygens (including phenoxy) is 2. The minimum Gasteiger partial charge on any atom is -0.497 e. The molecular formula is C22H29FN4O2. The second kappa shape index (κ2) is 10.8. The van der Waals surface area contributed by atoms with Gasteiger partial charge < -0.3 is 20.1 Å². The van der Waals surface area contributed by atoms with Gasteiger partial charge in [-0.05, 0) is 35.4 Å². The van der Waals surface area contributed by atoms with Gasteiger partial charge in [0.05, 0.1) is 26.4 Å². The number of rotatable bonds is 7.